The first kappa shape index (κ1) is 12.7. The lowest BCUT2D eigenvalue weighted by Crippen LogP contribution is -2.33. The number of azide groups is 1. The molecule has 0 saturated carbocycles. The van der Waals surface area contributed by atoms with Crippen LogP contribution in [0.15, 0.2) is 45.6 Å². The molecule has 1 aromatic carbocycles. The molecular formula is C12H11BrN4O. The molecule has 6 heteroatoms. The number of halogens is 1. The zero-order valence-corrected chi connectivity index (χ0v) is 11.3. The number of benzene rings is 1. The van der Waals surface area contributed by atoms with Gasteiger partial charge in [-0.15, -0.1) is 0 Å². The molecule has 1 heterocycles. The van der Waals surface area contributed by atoms with Gasteiger partial charge in [-0.1, -0.05) is 35.4 Å². The number of rotatable bonds is 3. The van der Waals surface area contributed by atoms with Gasteiger partial charge in [0.1, 0.15) is 0 Å². The molecule has 1 aromatic rings. The summed E-state index contributed by atoms with van der Waals surface area (Å²) in [5, 5.41) is 3.63. The maximum absolute atomic E-state index is 11.8. The highest BCUT2D eigenvalue weighted by molar-refractivity contribution is 9.12. The van der Waals surface area contributed by atoms with Crippen molar-refractivity contribution in [2.75, 3.05) is 7.05 Å². The summed E-state index contributed by atoms with van der Waals surface area (Å²) in [5.41, 5.74) is 10.1. The SMILES string of the molecule is CN1C(=O)C(Br)=C(N=[N+]=[N-])C1Cc1ccccc1. The summed E-state index contributed by atoms with van der Waals surface area (Å²) < 4.78 is 0.351. The smallest absolute Gasteiger partial charge is 0.261 e. The van der Waals surface area contributed by atoms with E-state index in [1.54, 1.807) is 11.9 Å². The summed E-state index contributed by atoms with van der Waals surface area (Å²) in [6, 6.07) is 9.57. The number of carbonyl (C=O) groups is 1. The van der Waals surface area contributed by atoms with Gasteiger partial charge in [0.15, 0.2) is 0 Å². The molecule has 1 aliphatic rings. The van der Waals surface area contributed by atoms with Gasteiger partial charge in [0, 0.05) is 12.0 Å². The fraction of sp³-hybridized carbons (Fsp3) is 0.250. The average Bonchev–Trinajstić information content (AvgIpc) is 2.58. The Labute approximate surface area is 113 Å². The van der Waals surface area contributed by atoms with Gasteiger partial charge in [0.2, 0.25) is 0 Å². The second kappa shape index (κ2) is 5.25. The molecule has 0 aromatic heterocycles. The van der Waals surface area contributed by atoms with Crippen molar-refractivity contribution in [3.05, 3.63) is 56.5 Å². The van der Waals surface area contributed by atoms with Gasteiger partial charge >= 0.3 is 0 Å². The quantitative estimate of drug-likeness (QED) is 0.481. The molecule has 92 valence electrons. The van der Waals surface area contributed by atoms with E-state index in [9.17, 15) is 4.79 Å². The first-order chi connectivity index (χ1) is 8.65. The number of amides is 1. The van der Waals surface area contributed by atoms with Crippen LogP contribution in [0.1, 0.15) is 5.56 Å². The largest absolute Gasteiger partial charge is 0.334 e. The van der Waals surface area contributed by atoms with Crippen molar-refractivity contribution in [1.29, 1.82) is 0 Å². The van der Waals surface area contributed by atoms with E-state index in [-0.39, 0.29) is 11.9 Å². The zero-order valence-electron chi connectivity index (χ0n) is 9.75. The molecule has 0 aliphatic carbocycles. The minimum atomic E-state index is -0.217. The van der Waals surface area contributed by atoms with Crippen LogP contribution in [0.5, 0.6) is 0 Å². The third-order valence-electron chi connectivity index (χ3n) is 2.94. The van der Waals surface area contributed by atoms with Gasteiger partial charge in [0.25, 0.3) is 5.91 Å². The van der Waals surface area contributed by atoms with Crippen molar-refractivity contribution in [2.24, 2.45) is 5.11 Å². The zero-order chi connectivity index (χ0) is 13.1. The Balaban J connectivity index is 2.31. The summed E-state index contributed by atoms with van der Waals surface area (Å²) in [7, 11) is 1.71. The summed E-state index contributed by atoms with van der Waals surface area (Å²) in [6.45, 7) is 0. The van der Waals surface area contributed by atoms with Crippen LogP contribution in [-0.2, 0) is 11.2 Å². The first-order valence-electron chi connectivity index (χ1n) is 5.41. The standard InChI is InChI=1S/C12H11BrN4O/c1-17-9(7-8-5-3-2-4-6-8)11(15-16-14)10(13)12(17)18/h2-6,9H,7H2,1H3. The summed E-state index contributed by atoms with van der Waals surface area (Å²) in [4.78, 5) is 16.2. The van der Waals surface area contributed by atoms with E-state index in [2.05, 4.69) is 26.0 Å². The second-order valence-corrected chi connectivity index (χ2v) is 4.80. The minimum absolute atomic E-state index is 0.154. The topological polar surface area (TPSA) is 69.1 Å². The lowest BCUT2D eigenvalue weighted by molar-refractivity contribution is -0.124. The first-order valence-corrected chi connectivity index (χ1v) is 6.20. The van der Waals surface area contributed by atoms with Gasteiger partial charge in [-0.25, -0.2) is 0 Å². The maximum Gasteiger partial charge on any atom is 0.261 e. The van der Waals surface area contributed by atoms with Crippen LogP contribution in [0.25, 0.3) is 10.4 Å². The van der Waals surface area contributed by atoms with Gasteiger partial charge in [-0.2, -0.15) is 0 Å². The number of likely N-dealkylation sites (N-methyl/N-ethyl adjacent to an activating group) is 1. The van der Waals surface area contributed by atoms with E-state index in [0.717, 1.165) is 5.56 Å². The summed E-state index contributed by atoms with van der Waals surface area (Å²) in [6.07, 6.45) is 0.631. The highest BCUT2D eigenvalue weighted by Crippen LogP contribution is 2.31. The summed E-state index contributed by atoms with van der Waals surface area (Å²) >= 11 is 3.19. The molecule has 0 spiro atoms. The van der Waals surface area contributed by atoms with Gasteiger partial charge in [0.05, 0.1) is 16.2 Å². The Hall–Kier alpha value is -1.78. The van der Waals surface area contributed by atoms with Crippen molar-refractivity contribution in [3.8, 4) is 0 Å². The minimum Gasteiger partial charge on any atom is -0.334 e. The van der Waals surface area contributed by atoms with Gasteiger partial charge in [-0.05, 0) is 33.4 Å². The van der Waals surface area contributed by atoms with Crippen LogP contribution in [0, 0.1) is 0 Å². The number of nitrogens with zero attached hydrogens (tertiary/aromatic N) is 4. The lowest BCUT2D eigenvalue weighted by Gasteiger charge is -2.21. The predicted octanol–water partition coefficient (Wildman–Crippen LogP) is 2.99. The predicted molar refractivity (Wildman–Crippen MR) is 71.8 cm³/mol. The van der Waals surface area contributed by atoms with E-state index in [4.69, 9.17) is 5.53 Å². The van der Waals surface area contributed by atoms with Gasteiger partial charge < -0.3 is 4.90 Å². The molecule has 1 atom stereocenters. The molecule has 0 bridgehead atoms. The Bertz CT molecular complexity index is 548. The summed E-state index contributed by atoms with van der Waals surface area (Å²) in [5.74, 6) is -0.154. The number of carbonyl (C=O) groups excluding carboxylic acids is 1. The molecule has 1 amide bonds. The molecule has 0 fully saturated rings. The Morgan fingerprint density at radius 3 is 2.72 bits per heavy atom. The molecule has 1 unspecified atom stereocenters. The number of hydrogen-bond donors (Lipinski definition) is 0. The highest BCUT2D eigenvalue weighted by atomic mass is 79.9. The fourth-order valence-corrected chi connectivity index (χ4v) is 2.59. The molecule has 18 heavy (non-hydrogen) atoms. The van der Waals surface area contributed by atoms with E-state index in [1.807, 2.05) is 30.3 Å². The van der Waals surface area contributed by atoms with E-state index in [0.29, 0.717) is 16.6 Å². The van der Waals surface area contributed by atoms with Crippen LogP contribution < -0.4 is 0 Å². The van der Waals surface area contributed by atoms with E-state index in [1.165, 1.54) is 0 Å². The average molecular weight is 307 g/mol. The third kappa shape index (κ3) is 2.25. The lowest BCUT2D eigenvalue weighted by atomic mass is 10.0. The molecule has 5 nitrogen and oxygen atoms in total. The second-order valence-electron chi connectivity index (χ2n) is 4.01. The molecule has 2 rings (SSSR count). The maximum atomic E-state index is 11.8. The Morgan fingerprint density at radius 1 is 1.44 bits per heavy atom. The van der Waals surface area contributed by atoms with Crippen LogP contribution in [0.3, 0.4) is 0 Å². The third-order valence-corrected chi connectivity index (χ3v) is 3.69. The molecular weight excluding hydrogens is 296 g/mol. The monoisotopic (exact) mass is 306 g/mol. The highest BCUT2D eigenvalue weighted by Gasteiger charge is 2.34. The molecule has 0 radical (unpaired) electrons. The molecule has 1 aliphatic heterocycles. The van der Waals surface area contributed by atoms with Crippen LogP contribution in [0.4, 0.5) is 0 Å². The van der Waals surface area contributed by atoms with Crippen molar-refractivity contribution >= 4 is 21.8 Å². The van der Waals surface area contributed by atoms with Crippen molar-refractivity contribution < 1.29 is 4.79 Å². The van der Waals surface area contributed by atoms with Gasteiger partial charge in [-0.3, -0.25) is 4.79 Å². The van der Waals surface area contributed by atoms with E-state index < -0.39 is 0 Å². The molecule has 0 N–H and O–H groups in total. The van der Waals surface area contributed by atoms with Crippen molar-refractivity contribution in [2.45, 2.75) is 12.5 Å². The molecule has 0 saturated heterocycles. The van der Waals surface area contributed by atoms with Crippen LogP contribution in [-0.4, -0.2) is 23.9 Å². The van der Waals surface area contributed by atoms with Crippen molar-refractivity contribution in [1.82, 2.24) is 4.90 Å². The Kier molecular flexibility index (Phi) is 3.69. The van der Waals surface area contributed by atoms with Crippen LogP contribution in [0.2, 0.25) is 0 Å². The fourth-order valence-electron chi connectivity index (χ4n) is 1.97. The van der Waals surface area contributed by atoms with E-state index >= 15 is 0 Å². The van der Waals surface area contributed by atoms with Crippen LogP contribution >= 0.6 is 15.9 Å². The number of hydrogen-bond acceptors (Lipinski definition) is 2. The Morgan fingerprint density at radius 2 is 2.11 bits per heavy atom. The van der Waals surface area contributed by atoms with Crippen molar-refractivity contribution in [3.63, 3.8) is 0 Å². The normalized spacial score (nSPS) is 19.1.